The van der Waals surface area contributed by atoms with Crippen molar-refractivity contribution in [1.82, 2.24) is 0 Å². The summed E-state index contributed by atoms with van der Waals surface area (Å²) in [6.45, 7) is 7.31. The summed E-state index contributed by atoms with van der Waals surface area (Å²) in [6, 6.07) is 9.44. The van der Waals surface area contributed by atoms with Crippen molar-refractivity contribution in [3.8, 4) is 23.0 Å². The minimum Gasteiger partial charge on any atom is -0.492 e. The van der Waals surface area contributed by atoms with Crippen molar-refractivity contribution in [3.05, 3.63) is 47.0 Å². The van der Waals surface area contributed by atoms with Crippen LogP contribution in [0.1, 0.15) is 48.2 Å². The van der Waals surface area contributed by atoms with Gasteiger partial charge in [0, 0.05) is 11.6 Å². The second kappa shape index (κ2) is 7.14. The molecule has 27 heavy (non-hydrogen) atoms. The van der Waals surface area contributed by atoms with Crippen LogP contribution in [0.15, 0.2) is 30.3 Å². The summed E-state index contributed by atoms with van der Waals surface area (Å²) >= 11 is 0. The largest absolute Gasteiger partial charge is 0.492 e. The highest BCUT2D eigenvalue weighted by Crippen LogP contribution is 2.43. The molecule has 2 aromatic rings. The normalized spacial score (nSPS) is 18.1. The Kier molecular flexibility index (Phi) is 4.68. The van der Waals surface area contributed by atoms with Crippen LogP contribution in [-0.2, 0) is 6.42 Å². The Hall–Kier alpha value is -2.69. The number of rotatable bonds is 4. The van der Waals surface area contributed by atoms with E-state index in [2.05, 4.69) is 6.92 Å². The predicted molar refractivity (Wildman–Crippen MR) is 102 cm³/mol. The number of benzene rings is 2. The Morgan fingerprint density at radius 3 is 2.70 bits per heavy atom. The van der Waals surface area contributed by atoms with Gasteiger partial charge in [0.15, 0.2) is 17.3 Å². The molecule has 4 rings (SSSR count). The van der Waals surface area contributed by atoms with Gasteiger partial charge in [-0.25, -0.2) is 0 Å². The maximum atomic E-state index is 13.3. The average molecular weight is 368 g/mol. The number of hydrogen-bond donors (Lipinski definition) is 0. The van der Waals surface area contributed by atoms with Crippen molar-refractivity contribution in [2.24, 2.45) is 0 Å². The second-order valence-corrected chi connectivity index (χ2v) is 7.08. The number of carbonyl (C=O) groups excluding carboxylic acids is 1. The molecule has 0 saturated heterocycles. The number of hydrogen-bond acceptors (Lipinski definition) is 5. The molecule has 0 N–H and O–H groups in total. The van der Waals surface area contributed by atoms with Crippen molar-refractivity contribution in [2.45, 2.75) is 39.2 Å². The lowest BCUT2D eigenvalue weighted by atomic mass is 9.87. The van der Waals surface area contributed by atoms with Crippen molar-refractivity contribution in [2.75, 3.05) is 19.8 Å². The van der Waals surface area contributed by atoms with Gasteiger partial charge in [0.05, 0.1) is 17.6 Å². The zero-order valence-corrected chi connectivity index (χ0v) is 15.9. The van der Waals surface area contributed by atoms with E-state index in [9.17, 15) is 4.79 Å². The standard InChI is InChI=1S/C22H24O5/c1-4-14-10-16-20(11-19(14)27-13(2)3)26-12-17(21(16)23)15-6-5-7-18-22(15)25-9-8-24-18/h5-7,10-11,13,17H,4,8-9,12H2,1-3H3/t17-/m0/s1. The molecule has 5 nitrogen and oxygen atoms in total. The van der Waals surface area contributed by atoms with Crippen molar-refractivity contribution in [1.29, 1.82) is 0 Å². The summed E-state index contributed by atoms with van der Waals surface area (Å²) in [7, 11) is 0. The van der Waals surface area contributed by atoms with Crippen LogP contribution in [0.25, 0.3) is 0 Å². The van der Waals surface area contributed by atoms with Gasteiger partial charge >= 0.3 is 0 Å². The maximum Gasteiger partial charge on any atom is 0.177 e. The highest BCUT2D eigenvalue weighted by Gasteiger charge is 2.34. The molecule has 0 amide bonds. The number of ether oxygens (including phenoxy) is 4. The number of aryl methyl sites for hydroxylation is 1. The SMILES string of the molecule is CCc1cc2c(cc1OC(C)C)OC[C@@H](c1cccc3c1OCCO3)C2=O. The van der Waals surface area contributed by atoms with Gasteiger partial charge in [-0.05, 0) is 38.0 Å². The smallest absolute Gasteiger partial charge is 0.177 e. The minimum absolute atomic E-state index is 0.0459. The van der Waals surface area contributed by atoms with Crippen LogP contribution in [0, 0.1) is 0 Å². The molecule has 2 heterocycles. The lowest BCUT2D eigenvalue weighted by molar-refractivity contribution is 0.0889. The van der Waals surface area contributed by atoms with E-state index in [4.69, 9.17) is 18.9 Å². The Balaban J connectivity index is 1.72. The fourth-order valence-electron chi connectivity index (χ4n) is 3.60. The molecule has 0 fully saturated rings. The molecule has 1 atom stereocenters. The third-order valence-corrected chi connectivity index (χ3v) is 4.87. The molecule has 0 saturated carbocycles. The van der Waals surface area contributed by atoms with Crippen LogP contribution < -0.4 is 18.9 Å². The maximum absolute atomic E-state index is 13.3. The first-order valence-corrected chi connectivity index (χ1v) is 9.47. The van der Waals surface area contributed by atoms with Crippen LogP contribution in [-0.4, -0.2) is 31.7 Å². The van der Waals surface area contributed by atoms with E-state index in [1.54, 1.807) is 0 Å². The fraction of sp³-hybridized carbons (Fsp3) is 0.409. The lowest BCUT2D eigenvalue weighted by Gasteiger charge is -2.29. The summed E-state index contributed by atoms with van der Waals surface area (Å²) < 4.78 is 23.3. The first kappa shape index (κ1) is 17.7. The third-order valence-electron chi connectivity index (χ3n) is 4.87. The highest BCUT2D eigenvalue weighted by atomic mass is 16.6. The molecular weight excluding hydrogens is 344 g/mol. The van der Waals surface area contributed by atoms with Crippen LogP contribution in [0.4, 0.5) is 0 Å². The molecule has 0 unspecified atom stereocenters. The second-order valence-electron chi connectivity index (χ2n) is 7.08. The summed E-state index contributed by atoms with van der Waals surface area (Å²) in [4.78, 5) is 13.3. The van der Waals surface area contributed by atoms with Crippen LogP contribution in [0.3, 0.4) is 0 Å². The highest BCUT2D eigenvalue weighted by molar-refractivity contribution is 6.05. The van der Waals surface area contributed by atoms with Gasteiger partial charge in [-0.3, -0.25) is 4.79 Å². The molecule has 142 valence electrons. The Labute approximate surface area is 159 Å². The third kappa shape index (κ3) is 3.22. The summed E-state index contributed by atoms with van der Waals surface area (Å²) in [5, 5.41) is 0. The fourth-order valence-corrected chi connectivity index (χ4v) is 3.60. The van der Waals surface area contributed by atoms with Crippen LogP contribution in [0.2, 0.25) is 0 Å². The van der Waals surface area contributed by atoms with Crippen molar-refractivity contribution < 1.29 is 23.7 Å². The van der Waals surface area contributed by atoms with E-state index in [-0.39, 0.29) is 18.5 Å². The van der Waals surface area contributed by atoms with Gasteiger partial charge < -0.3 is 18.9 Å². The van der Waals surface area contributed by atoms with Gasteiger partial charge in [0.2, 0.25) is 0 Å². The van der Waals surface area contributed by atoms with Gasteiger partial charge in [-0.2, -0.15) is 0 Å². The molecule has 2 aliphatic rings. The van der Waals surface area contributed by atoms with E-state index < -0.39 is 5.92 Å². The molecule has 0 bridgehead atoms. The summed E-state index contributed by atoms with van der Waals surface area (Å²) in [5.41, 5.74) is 2.44. The molecule has 0 aromatic heterocycles. The average Bonchev–Trinajstić information content (AvgIpc) is 2.67. The van der Waals surface area contributed by atoms with Gasteiger partial charge in [0.1, 0.15) is 31.3 Å². The first-order chi connectivity index (χ1) is 13.1. The molecule has 0 radical (unpaired) electrons. The zero-order chi connectivity index (χ0) is 19.0. The molecule has 2 aliphatic heterocycles. The van der Waals surface area contributed by atoms with E-state index in [1.807, 2.05) is 44.2 Å². The topological polar surface area (TPSA) is 54.0 Å². The van der Waals surface area contributed by atoms with E-state index >= 15 is 0 Å². The lowest BCUT2D eigenvalue weighted by Crippen LogP contribution is -2.28. The van der Waals surface area contributed by atoms with E-state index in [0.29, 0.717) is 36.0 Å². The molecule has 0 aliphatic carbocycles. The Morgan fingerprint density at radius 1 is 1.11 bits per heavy atom. The molecule has 0 spiro atoms. The van der Waals surface area contributed by atoms with Gasteiger partial charge in [0.25, 0.3) is 0 Å². The number of fused-ring (bicyclic) bond motifs is 2. The monoisotopic (exact) mass is 368 g/mol. The van der Waals surface area contributed by atoms with E-state index in [0.717, 1.165) is 23.3 Å². The van der Waals surface area contributed by atoms with E-state index in [1.165, 1.54) is 0 Å². The number of para-hydroxylation sites is 1. The van der Waals surface area contributed by atoms with Gasteiger partial charge in [-0.15, -0.1) is 0 Å². The van der Waals surface area contributed by atoms with Gasteiger partial charge in [-0.1, -0.05) is 19.1 Å². The Bertz CT molecular complexity index is 871. The van der Waals surface area contributed by atoms with Crippen molar-refractivity contribution >= 4 is 5.78 Å². The molecular formula is C22H24O5. The number of carbonyl (C=O) groups is 1. The molecule has 2 aromatic carbocycles. The predicted octanol–water partition coefficient (Wildman–Crippen LogP) is 4.17. The number of Topliss-reactive ketones (excluding diaryl/α,β-unsaturated/α-hetero) is 1. The minimum atomic E-state index is -0.407. The zero-order valence-electron chi connectivity index (χ0n) is 15.9. The quantitative estimate of drug-likeness (QED) is 0.811. The summed E-state index contributed by atoms with van der Waals surface area (Å²) in [5.74, 6) is 2.36. The molecule has 5 heteroatoms. The van der Waals surface area contributed by atoms with Crippen LogP contribution in [0.5, 0.6) is 23.0 Å². The Morgan fingerprint density at radius 2 is 1.93 bits per heavy atom. The first-order valence-electron chi connectivity index (χ1n) is 9.47. The van der Waals surface area contributed by atoms with Crippen LogP contribution >= 0.6 is 0 Å². The van der Waals surface area contributed by atoms with Crippen molar-refractivity contribution in [3.63, 3.8) is 0 Å². The summed E-state index contributed by atoms with van der Waals surface area (Å²) in [6.07, 6.45) is 0.846. The number of ketones is 1.